The summed E-state index contributed by atoms with van der Waals surface area (Å²) in [5.74, 6) is 0.172. The number of hydrogen-bond acceptors (Lipinski definition) is 6. The maximum Gasteiger partial charge on any atom is 0.240 e. The van der Waals surface area contributed by atoms with Crippen molar-refractivity contribution < 1.29 is 39.3 Å². The second-order valence-electron chi connectivity index (χ2n) is 10.1. The van der Waals surface area contributed by atoms with E-state index in [-0.39, 0.29) is 54.9 Å². The molecular weight excluding hydrogens is 594 g/mol. The predicted molar refractivity (Wildman–Crippen MR) is 162 cm³/mol. The summed E-state index contributed by atoms with van der Waals surface area (Å²) in [5.41, 5.74) is 4.92. The van der Waals surface area contributed by atoms with Gasteiger partial charge in [0, 0.05) is 57.3 Å². The molecule has 4 aromatic rings. The molecule has 0 saturated heterocycles. The predicted octanol–water partition coefficient (Wildman–Crippen LogP) is 6.18. The summed E-state index contributed by atoms with van der Waals surface area (Å²) >= 11 is 0. The number of aromatic hydroxyl groups is 2. The summed E-state index contributed by atoms with van der Waals surface area (Å²) < 4.78 is 0. The first-order valence-electron chi connectivity index (χ1n) is 13.7. The van der Waals surface area contributed by atoms with Crippen LogP contribution in [0.4, 0.5) is 0 Å². The summed E-state index contributed by atoms with van der Waals surface area (Å²) in [4.78, 5) is 23.7. The zero-order chi connectivity index (χ0) is 29.6. The Kier molecular flexibility index (Phi) is 10.2. The molecule has 8 nitrogen and oxygen atoms in total. The Morgan fingerprint density at radius 2 is 0.907 bits per heavy atom. The normalized spacial score (nSPS) is 17.3. The van der Waals surface area contributed by atoms with Gasteiger partial charge in [0.05, 0.1) is 23.5 Å². The summed E-state index contributed by atoms with van der Waals surface area (Å²) in [6, 6.07) is 33.6. The van der Waals surface area contributed by atoms with E-state index >= 15 is 0 Å². The van der Waals surface area contributed by atoms with Gasteiger partial charge in [0.1, 0.15) is 11.5 Å². The van der Waals surface area contributed by atoms with Crippen LogP contribution in [0, 0.1) is 0 Å². The maximum absolute atomic E-state index is 11.8. The van der Waals surface area contributed by atoms with Crippen LogP contribution in [0.15, 0.2) is 119 Å². The van der Waals surface area contributed by atoms with Crippen LogP contribution < -0.4 is 0 Å². The van der Waals surface area contributed by atoms with E-state index in [0.29, 0.717) is 24.0 Å². The summed E-state index contributed by atoms with van der Waals surface area (Å²) in [6.07, 6.45) is 1.20. The number of para-hydroxylation sites is 2. The Hall–Kier alpha value is -4.62. The van der Waals surface area contributed by atoms with Gasteiger partial charge in [-0.3, -0.25) is 9.59 Å². The number of hydrogen-bond donors (Lipinski definition) is 2. The van der Waals surface area contributed by atoms with E-state index in [1.165, 1.54) is 23.9 Å². The first-order valence-corrected chi connectivity index (χ1v) is 13.7. The molecule has 4 aromatic carbocycles. The molecule has 2 heterocycles. The Balaban J connectivity index is 0.000000192. The van der Waals surface area contributed by atoms with Gasteiger partial charge in [0.2, 0.25) is 11.8 Å². The average molecular weight is 626 g/mol. The number of carbonyl (C=O) groups is 2. The van der Waals surface area contributed by atoms with E-state index in [4.69, 9.17) is 0 Å². The number of hydrazone groups is 2. The molecule has 0 radical (unpaired) electrons. The zero-order valence-electron chi connectivity index (χ0n) is 24.2. The van der Waals surface area contributed by atoms with E-state index in [1.807, 2.05) is 84.9 Å². The smallest absolute Gasteiger partial charge is 0.240 e. The average Bonchev–Trinajstić information content (AvgIpc) is 3.65. The zero-order valence-corrected chi connectivity index (χ0v) is 27.1. The third kappa shape index (κ3) is 7.07. The molecule has 6 rings (SSSR count). The molecule has 2 aliphatic heterocycles. The fourth-order valence-corrected chi connectivity index (χ4v) is 5.23. The van der Waals surface area contributed by atoms with Crippen LogP contribution in [0.1, 0.15) is 61.0 Å². The molecule has 0 aliphatic carbocycles. The Morgan fingerprint density at radius 1 is 0.581 bits per heavy atom. The molecule has 9 heteroatoms. The van der Waals surface area contributed by atoms with Gasteiger partial charge in [-0.2, -0.15) is 10.2 Å². The molecule has 2 aliphatic rings. The summed E-state index contributed by atoms with van der Waals surface area (Å²) in [5, 5.41) is 31.8. The first kappa shape index (κ1) is 31.3. The van der Waals surface area contributed by atoms with Gasteiger partial charge in [-0.25, -0.2) is 10.0 Å². The Labute approximate surface area is 263 Å². The minimum absolute atomic E-state index is 0. The SMILES string of the molecule is CC(=O)N1N=C(c2ccccc2O)CC1c1ccccc1.CC(=O)N1N=C(c2ccccc2O)CC1c1ccccc1.[Zn]. The van der Waals surface area contributed by atoms with Crippen molar-refractivity contribution in [1.82, 2.24) is 10.0 Å². The topological polar surface area (TPSA) is 106 Å². The molecular formula is C34H32N4O4Zn. The van der Waals surface area contributed by atoms with Gasteiger partial charge in [-0.05, 0) is 35.4 Å². The molecule has 0 aromatic heterocycles. The fraction of sp³-hybridized carbons (Fsp3) is 0.176. The van der Waals surface area contributed by atoms with Gasteiger partial charge < -0.3 is 10.2 Å². The van der Waals surface area contributed by atoms with Gasteiger partial charge >= 0.3 is 0 Å². The minimum atomic E-state index is -0.113. The summed E-state index contributed by atoms with van der Waals surface area (Å²) in [7, 11) is 0. The van der Waals surface area contributed by atoms with Crippen molar-refractivity contribution in [3.8, 4) is 11.5 Å². The molecule has 2 N–H and O–H groups in total. The van der Waals surface area contributed by atoms with Crippen LogP contribution in [0.2, 0.25) is 0 Å². The fourth-order valence-electron chi connectivity index (χ4n) is 5.23. The minimum Gasteiger partial charge on any atom is -0.507 e. The van der Waals surface area contributed by atoms with Crippen molar-refractivity contribution >= 4 is 23.2 Å². The Morgan fingerprint density at radius 3 is 1.23 bits per heavy atom. The molecule has 214 valence electrons. The third-order valence-electron chi connectivity index (χ3n) is 7.26. The number of carbonyl (C=O) groups excluding carboxylic acids is 2. The maximum atomic E-state index is 11.8. The monoisotopic (exact) mass is 624 g/mol. The number of nitrogens with zero attached hydrogens (tertiary/aromatic N) is 4. The van der Waals surface area contributed by atoms with Crippen molar-refractivity contribution in [2.75, 3.05) is 0 Å². The van der Waals surface area contributed by atoms with E-state index in [1.54, 1.807) is 24.3 Å². The molecule has 0 spiro atoms. The van der Waals surface area contributed by atoms with E-state index in [2.05, 4.69) is 10.2 Å². The van der Waals surface area contributed by atoms with Crippen molar-refractivity contribution in [2.24, 2.45) is 10.2 Å². The molecule has 2 atom stereocenters. The van der Waals surface area contributed by atoms with E-state index < -0.39 is 0 Å². The van der Waals surface area contributed by atoms with Crippen molar-refractivity contribution in [3.63, 3.8) is 0 Å². The second-order valence-corrected chi connectivity index (χ2v) is 10.1. The van der Waals surface area contributed by atoms with Crippen molar-refractivity contribution in [1.29, 1.82) is 0 Å². The third-order valence-corrected chi connectivity index (χ3v) is 7.26. The molecule has 2 amide bonds. The number of rotatable bonds is 4. The van der Waals surface area contributed by atoms with Crippen LogP contribution in [0.3, 0.4) is 0 Å². The van der Waals surface area contributed by atoms with Crippen LogP contribution in [-0.2, 0) is 29.1 Å². The molecule has 0 saturated carbocycles. The molecule has 43 heavy (non-hydrogen) atoms. The molecule has 0 fully saturated rings. The van der Waals surface area contributed by atoms with Crippen molar-refractivity contribution in [3.05, 3.63) is 131 Å². The van der Waals surface area contributed by atoms with E-state index in [9.17, 15) is 19.8 Å². The van der Waals surface area contributed by atoms with Gasteiger partial charge in [-0.15, -0.1) is 0 Å². The van der Waals surface area contributed by atoms with Crippen LogP contribution in [-0.4, -0.2) is 43.5 Å². The number of benzene rings is 4. The van der Waals surface area contributed by atoms with Crippen LogP contribution in [0.25, 0.3) is 0 Å². The van der Waals surface area contributed by atoms with Gasteiger partial charge in [-0.1, -0.05) is 84.9 Å². The van der Waals surface area contributed by atoms with Crippen molar-refractivity contribution in [2.45, 2.75) is 38.8 Å². The Bertz CT molecular complexity index is 1520. The quantitative estimate of drug-likeness (QED) is 0.264. The standard InChI is InChI=1S/2C17H16N2O2.Zn/c2*1-12(20)19-16(13-7-3-2-4-8-13)11-15(18-19)14-9-5-6-10-17(14)21;/h2*2-10,16,21H,11H2,1H3;. The van der Waals surface area contributed by atoms with Crippen LogP contribution >= 0.6 is 0 Å². The number of phenols is 2. The van der Waals surface area contributed by atoms with Gasteiger partial charge in [0.25, 0.3) is 0 Å². The first-order chi connectivity index (χ1) is 20.3. The number of phenolic OH excluding ortho intramolecular Hbond substituents is 2. The van der Waals surface area contributed by atoms with Crippen LogP contribution in [0.5, 0.6) is 11.5 Å². The second kappa shape index (κ2) is 14.0. The summed E-state index contributed by atoms with van der Waals surface area (Å²) in [6.45, 7) is 3.01. The number of amides is 2. The largest absolute Gasteiger partial charge is 0.507 e. The molecule has 0 bridgehead atoms. The van der Waals surface area contributed by atoms with E-state index in [0.717, 1.165) is 22.6 Å². The molecule has 2 unspecified atom stereocenters. The van der Waals surface area contributed by atoms with Gasteiger partial charge in [0.15, 0.2) is 0 Å².